The van der Waals surface area contributed by atoms with Crippen LogP contribution in [-0.4, -0.2) is 19.6 Å². The Labute approximate surface area is 127 Å². The quantitative estimate of drug-likeness (QED) is 0.794. The lowest BCUT2D eigenvalue weighted by atomic mass is 10.1. The van der Waals surface area contributed by atoms with Crippen molar-refractivity contribution in [2.45, 2.75) is 26.3 Å². The van der Waals surface area contributed by atoms with Crippen molar-refractivity contribution in [3.8, 4) is 0 Å². The topological polar surface area (TPSA) is 41.3 Å². The molecule has 0 aliphatic rings. The first-order valence-electron chi connectivity index (χ1n) is 7.52. The molecule has 0 radical (unpaired) electrons. The lowest BCUT2D eigenvalue weighted by Crippen LogP contribution is -2.38. The van der Waals surface area contributed by atoms with Crippen LogP contribution in [0, 0.1) is 6.92 Å². The van der Waals surface area contributed by atoms with E-state index in [0.717, 1.165) is 18.7 Å². The van der Waals surface area contributed by atoms with Crippen LogP contribution in [0.4, 0.5) is 17.1 Å². The third kappa shape index (κ3) is 3.56. The summed E-state index contributed by atoms with van der Waals surface area (Å²) in [6.07, 6.45) is 1.07. The van der Waals surface area contributed by atoms with E-state index in [1.165, 1.54) is 16.9 Å². The number of nitrogen functional groups attached to an aromatic ring is 1. The number of hydrogen-bond acceptors (Lipinski definition) is 3. The predicted octanol–water partition coefficient (Wildman–Crippen LogP) is 3.71. The fraction of sp³-hybridized carbons (Fsp3) is 0.333. The molecule has 3 N–H and O–H groups in total. The van der Waals surface area contributed by atoms with Crippen LogP contribution in [0.15, 0.2) is 48.5 Å². The van der Waals surface area contributed by atoms with Gasteiger partial charge in [0.15, 0.2) is 0 Å². The van der Waals surface area contributed by atoms with Gasteiger partial charge in [0.05, 0.1) is 0 Å². The standard InChI is InChI=1S/C18H25N3/c1-4-16(13-20-3)21(17-11-9-15(19)10-12-17)18-8-6-5-7-14(18)2/h5-12,16,20H,4,13,19H2,1-3H3. The van der Waals surface area contributed by atoms with E-state index in [4.69, 9.17) is 5.73 Å². The summed E-state index contributed by atoms with van der Waals surface area (Å²) >= 11 is 0. The van der Waals surface area contributed by atoms with Gasteiger partial charge in [0.25, 0.3) is 0 Å². The molecule has 0 aliphatic carbocycles. The second-order valence-electron chi connectivity index (χ2n) is 5.37. The molecule has 0 saturated heterocycles. The minimum absolute atomic E-state index is 0.403. The zero-order valence-electron chi connectivity index (χ0n) is 13.1. The average Bonchev–Trinajstić information content (AvgIpc) is 2.50. The summed E-state index contributed by atoms with van der Waals surface area (Å²) in [5.74, 6) is 0. The first kappa shape index (κ1) is 15.4. The van der Waals surface area contributed by atoms with Gasteiger partial charge in [-0.25, -0.2) is 0 Å². The van der Waals surface area contributed by atoms with Crippen molar-refractivity contribution in [2.75, 3.05) is 24.2 Å². The Balaban J connectivity index is 2.48. The van der Waals surface area contributed by atoms with Gasteiger partial charge in [-0.2, -0.15) is 0 Å². The highest BCUT2D eigenvalue weighted by molar-refractivity contribution is 5.68. The van der Waals surface area contributed by atoms with Crippen molar-refractivity contribution >= 4 is 17.1 Å². The van der Waals surface area contributed by atoms with Crippen LogP contribution in [0.2, 0.25) is 0 Å². The number of para-hydroxylation sites is 1. The maximum atomic E-state index is 5.83. The number of rotatable bonds is 6. The first-order chi connectivity index (χ1) is 10.2. The van der Waals surface area contributed by atoms with E-state index >= 15 is 0 Å². The third-order valence-corrected chi connectivity index (χ3v) is 3.82. The highest BCUT2D eigenvalue weighted by Crippen LogP contribution is 2.31. The molecule has 0 heterocycles. The van der Waals surface area contributed by atoms with Crippen LogP contribution in [-0.2, 0) is 0 Å². The van der Waals surface area contributed by atoms with Crippen molar-refractivity contribution in [1.29, 1.82) is 0 Å². The molecule has 3 nitrogen and oxygen atoms in total. The van der Waals surface area contributed by atoms with E-state index in [0.29, 0.717) is 6.04 Å². The third-order valence-electron chi connectivity index (χ3n) is 3.82. The van der Waals surface area contributed by atoms with Gasteiger partial charge in [0.2, 0.25) is 0 Å². The van der Waals surface area contributed by atoms with Crippen LogP contribution in [0.25, 0.3) is 0 Å². The summed E-state index contributed by atoms with van der Waals surface area (Å²) in [6.45, 7) is 5.32. The van der Waals surface area contributed by atoms with Crippen molar-refractivity contribution in [3.05, 3.63) is 54.1 Å². The Morgan fingerprint density at radius 2 is 1.76 bits per heavy atom. The zero-order valence-corrected chi connectivity index (χ0v) is 13.1. The summed E-state index contributed by atoms with van der Waals surface area (Å²) < 4.78 is 0. The Kier molecular flexibility index (Phi) is 5.23. The molecule has 2 rings (SSSR count). The summed E-state index contributed by atoms with van der Waals surface area (Å²) in [5.41, 5.74) is 10.3. The number of aryl methyl sites for hydroxylation is 1. The maximum Gasteiger partial charge on any atom is 0.0464 e. The number of likely N-dealkylation sites (N-methyl/N-ethyl adjacent to an activating group) is 1. The number of anilines is 3. The summed E-state index contributed by atoms with van der Waals surface area (Å²) in [7, 11) is 2.00. The molecule has 0 bridgehead atoms. The fourth-order valence-electron chi connectivity index (χ4n) is 2.67. The second kappa shape index (κ2) is 7.14. The SMILES string of the molecule is CCC(CNC)N(c1ccc(N)cc1)c1ccccc1C. The molecule has 0 fully saturated rings. The molecule has 0 saturated carbocycles. The number of nitrogens with two attached hydrogens (primary N) is 1. The van der Waals surface area contributed by atoms with Gasteiger partial charge in [-0.3, -0.25) is 0 Å². The molecular formula is C18H25N3. The largest absolute Gasteiger partial charge is 0.399 e. The molecule has 0 aromatic heterocycles. The summed E-state index contributed by atoms with van der Waals surface area (Å²) in [5, 5.41) is 3.30. The minimum atomic E-state index is 0.403. The van der Waals surface area contributed by atoms with Gasteiger partial charge >= 0.3 is 0 Å². The smallest absolute Gasteiger partial charge is 0.0464 e. The van der Waals surface area contributed by atoms with Crippen molar-refractivity contribution in [3.63, 3.8) is 0 Å². The van der Waals surface area contributed by atoms with E-state index in [-0.39, 0.29) is 0 Å². The van der Waals surface area contributed by atoms with E-state index in [2.05, 4.69) is 60.5 Å². The number of nitrogens with zero attached hydrogens (tertiary/aromatic N) is 1. The van der Waals surface area contributed by atoms with Crippen LogP contribution >= 0.6 is 0 Å². The summed E-state index contributed by atoms with van der Waals surface area (Å²) in [6, 6.07) is 17.0. The molecule has 1 unspecified atom stereocenters. The van der Waals surface area contributed by atoms with Crippen LogP contribution < -0.4 is 16.0 Å². The van der Waals surface area contributed by atoms with Crippen molar-refractivity contribution in [1.82, 2.24) is 5.32 Å². The number of hydrogen-bond donors (Lipinski definition) is 2. The highest BCUT2D eigenvalue weighted by atomic mass is 15.2. The predicted molar refractivity (Wildman–Crippen MR) is 92.2 cm³/mol. The van der Waals surface area contributed by atoms with Gasteiger partial charge in [-0.1, -0.05) is 25.1 Å². The molecule has 2 aromatic rings. The Morgan fingerprint density at radius 3 is 2.33 bits per heavy atom. The lowest BCUT2D eigenvalue weighted by Gasteiger charge is -2.34. The first-order valence-corrected chi connectivity index (χ1v) is 7.52. The molecule has 21 heavy (non-hydrogen) atoms. The van der Waals surface area contributed by atoms with E-state index in [1.54, 1.807) is 0 Å². The molecule has 3 heteroatoms. The normalized spacial score (nSPS) is 12.1. The van der Waals surface area contributed by atoms with E-state index in [9.17, 15) is 0 Å². The molecule has 0 spiro atoms. The lowest BCUT2D eigenvalue weighted by molar-refractivity contribution is 0.587. The maximum absolute atomic E-state index is 5.83. The zero-order chi connectivity index (χ0) is 15.2. The number of benzene rings is 2. The van der Waals surface area contributed by atoms with Gasteiger partial charge in [0, 0.05) is 29.6 Å². The molecule has 0 aliphatic heterocycles. The van der Waals surface area contributed by atoms with Crippen LogP contribution in [0.5, 0.6) is 0 Å². The van der Waals surface area contributed by atoms with Gasteiger partial charge in [0.1, 0.15) is 0 Å². The number of nitrogens with one attached hydrogen (secondary N) is 1. The second-order valence-corrected chi connectivity index (χ2v) is 5.37. The highest BCUT2D eigenvalue weighted by Gasteiger charge is 2.20. The van der Waals surface area contributed by atoms with E-state index < -0.39 is 0 Å². The molecular weight excluding hydrogens is 258 g/mol. The molecule has 2 aromatic carbocycles. The Hall–Kier alpha value is -2.00. The van der Waals surface area contributed by atoms with E-state index in [1.807, 2.05) is 19.2 Å². The van der Waals surface area contributed by atoms with Crippen LogP contribution in [0.1, 0.15) is 18.9 Å². The fourth-order valence-corrected chi connectivity index (χ4v) is 2.67. The molecule has 1 atom stereocenters. The monoisotopic (exact) mass is 283 g/mol. The van der Waals surface area contributed by atoms with Gasteiger partial charge in [-0.05, 0) is 56.3 Å². The van der Waals surface area contributed by atoms with Crippen molar-refractivity contribution < 1.29 is 0 Å². The van der Waals surface area contributed by atoms with Crippen molar-refractivity contribution in [2.24, 2.45) is 0 Å². The van der Waals surface area contributed by atoms with Crippen LogP contribution in [0.3, 0.4) is 0 Å². The van der Waals surface area contributed by atoms with Gasteiger partial charge in [-0.15, -0.1) is 0 Å². The Morgan fingerprint density at radius 1 is 1.10 bits per heavy atom. The summed E-state index contributed by atoms with van der Waals surface area (Å²) in [4.78, 5) is 2.41. The minimum Gasteiger partial charge on any atom is -0.399 e. The average molecular weight is 283 g/mol. The Bertz CT molecular complexity index is 563. The molecule has 0 amide bonds. The van der Waals surface area contributed by atoms with Gasteiger partial charge < -0.3 is 16.0 Å². The molecule has 112 valence electrons.